The minimum Gasteiger partial charge on any atom is -0.368 e. The summed E-state index contributed by atoms with van der Waals surface area (Å²) in [5.41, 5.74) is 1.04. The molecule has 8 heteroatoms. The molecule has 4 atom stereocenters. The Labute approximate surface area is 234 Å². The molecule has 0 radical (unpaired) electrons. The summed E-state index contributed by atoms with van der Waals surface area (Å²) in [7, 11) is -3.64. The Morgan fingerprint density at radius 2 is 1.73 bits per heavy atom. The molecule has 1 saturated heterocycles. The van der Waals surface area contributed by atoms with Crippen LogP contribution >= 0.6 is 34.8 Å². The molecule has 1 fully saturated rings. The van der Waals surface area contributed by atoms with Gasteiger partial charge in [-0.15, -0.1) is 11.6 Å². The van der Waals surface area contributed by atoms with Crippen LogP contribution in [0.5, 0.6) is 0 Å². The van der Waals surface area contributed by atoms with Crippen molar-refractivity contribution in [1.29, 1.82) is 0 Å². The quantitative estimate of drug-likeness (QED) is 0.312. The summed E-state index contributed by atoms with van der Waals surface area (Å²) in [5.74, 6) is 0.179. The number of nitrogens with one attached hydrogen (secondary N) is 1. The van der Waals surface area contributed by atoms with Crippen molar-refractivity contribution in [2.75, 3.05) is 18.0 Å². The Bertz CT molecular complexity index is 1450. The van der Waals surface area contributed by atoms with Crippen LogP contribution in [0.4, 0.5) is 5.69 Å². The van der Waals surface area contributed by atoms with E-state index in [4.69, 9.17) is 34.8 Å². The molecule has 4 unspecified atom stereocenters. The molecular formula is C29H29Cl3N2O2S. The Morgan fingerprint density at radius 1 is 1.00 bits per heavy atom. The molecule has 37 heavy (non-hydrogen) atoms. The highest BCUT2D eigenvalue weighted by atomic mass is 35.5. The van der Waals surface area contributed by atoms with Crippen molar-refractivity contribution >= 4 is 61.3 Å². The third kappa shape index (κ3) is 5.86. The predicted octanol–water partition coefficient (Wildman–Crippen LogP) is 7.36. The second kappa shape index (κ2) is 10.6. The van der Waals surface area contributed by atoms with Crippen LogP contribution in [-0.2, 0) is 10.0 Å². The molecule has 3 aromatic rings. The average Bonchev–Trinajstić information content (AvgIpc) is 2.87. The fourth-order valence-corrected chi connectivity index (χ4v) is 7.45. The SMILES string of the molecule is CC1(Cl)C=C(Cl)C=CC1C1CCC(CNS(=O)(=O)c2ccc3ccccc3c2)CN1c1ccc(Cl)cc1. The van der Waals surface area contributed by atoms with Crippen molar-refractivity contribution in [3.8, 4) is 0 Å². The number of halogens is 3. The van der Waals surface area contributed by atoms with Gasteiger partial charge in [0.05, 0.1) is 9.77 Å². The van der Waals surface area contributed by atoms with Crippen molar-refractivity contribution in [3.05, 3.63) is 95.0 Å². The molecule has 0 bridgehead atoms. The number of alkyl halides is 1. The predicted molar refractivity (Wildman–Crippen MR) is 155 cm³/mol. The van der Waals surface area contributed by atoms with Crippen LogP contribution in [0.15, 0.2) is 94.9 Å². The summed E-state index contributed by atoms with van der Waals surface area (Å²) in [6.07, 6.45) is 7.67. The number of allylic oxidation sites excluding steroid dienone is 3. The van der Waals surface area contributed by atoms with Crippen LogP contribution in [-0.4, -0.2) is 32.4 Å². The first-order chi connectivity index (χ1) is 17.6. The number of anilines is 1. The standard InChI is InChI=1S/C29H29Cl3N2O2S/c1-29(32)17-24(31)10-14-27(29)28-15-6-20(19-34(28)25-11-8-23(30)9-12-25)18-33-37(35,36)26-13-7-21-4-2-3-5-22(21)16-26/h2-5,7-14,16-17,20,27-28,33H,6,15,18-19H2,1H3. The maximum atomic E-state index is 13.2. The molecule has 2 aliphatic rings. The van der Waals surface area contributed by atoms with Gasteiger partial charge < -0.3 is 4.90 Å². The molecular weight excluding hydrogens is 547 g/mol. The van der Waals surface area contributed by atoms with Crippen LogP contribution in [0.25, 0.3) is 10.8 Å². The van der Waals surface area contributed by atoms with Crippen LogP contribution in [0, 0.1) is 11.8 Å². The molecule has 1 aliphatic heterocycles. The number of benzene rings is 3. The van der Waals surface area contributed by atoms with E-state index in [1.54, 1.807) is 12.1 Å². The molecule has 0 saturated carbocycles. The second-order valence-electron chi connectivity index (χ2n) is 10.1. The fourth-order valence-electron chi connectivity index (χ4n) is 5.48. The summed E-state index contributed by atoms with van der Waals surface area (Å²) in [5, 5.41) is 3.23. The van der Waals surface area contributed by atoms with E-state index >= 15 is 0 Å². The van der Waals surface area contributed by atoms with Crippen LogP contribution in [0.2, 0.25) is 5.02 Å². The highest BCUT2D eigenvalue weighted by Gasteiger charge is 2.42. The van der Waals surface area contributed by atoms with E-state index in [1.165, 1.54) is 0 Å². The van der Waals surface area contributed by atoms with Gasteiger partial charge in [0.2, 0.25) is 10.0 Å². The minimum atomic E-state index is -3.64. The molecule has 5 rings (SSSR count). The lowest BCUT2D eigenvalue weighted by molar-refractivity contribution is 0.294. The number of hydrogen-bond donors (Lipinski definition) is 1. The molecule has 1 heterocycles. The maximum absolute atomic E-state index is 13.2. The number of sulfonamides is 1. The highest BCUT2D eigenvalue weighted by molar-refractivity contribution is 7.89. The van der Waals surface area contributed by atoms with E-state index in [9.17, 15) is 8.42 Å². The van der Waals surface area contributed by atoms with Gasteiger partial charge in [0.1, 0.15) is 0 Å². The summed E-state index contributed by atoms with van der Waals surface area (Å²) < 4.78 is 29.2. The lowest BCUT2D eigenvalue weighted by Crippen LogP contribution is -2.53. The zero-order valence-corrected chi connectivity index (χ0v) is 23.5. The van der Waals surface area contributed by atoms with Crippen LogP contribution in [0.3, 0.4) is 0 Å². The van der Waals surface area contributed by atoms with Crippen LogP contribution in [0.1, 0.15) is 19.8 Å². The third-order valence-electron chi connectivity index (χ3n) is 7.43. The highest BCUT2D eigenvalue weighted by Crippen LogP contribution is 2.42. The number of nitrogens with zero attached hydrogens (tertiary/aromatic N) is 1. The molecule has 1 aliphatic carbocycles. The van der Waals surface area contributed by atoms with Gasteiger partial charge in [-0.1, -0.05) is 59.6 Å². The molecule has 0 spiro atoms. The topological polar surface area (TPSA) is 49.4 Å². The lowest BCUT2D eigenvalue weighted by atomic mass is 9.77. The van der Waals surface area contributed by atoms with Gasteiger partial charge in [0, 0.05) is 40.8 Å². The second-order valence-corrected chi connectivity index (χ2v) is 13.5. The molecule has 3 aromatic carbocycles. The summed E-state index contributed by atoms with van der Waals surface area (Å²) in [4.78, 5) is 2.01. The van der Waals surface area contributed by atoms with Gasteiger partial charge in [0.15, 0.2) is 0 Å². The minimum absolute atomic E-state index is 0.0441. The first-order valence-corrected chi connectivity index (χ1v) is 15.0. The third-order valence-corrected chi connectivity index (χ3v) is 9.70. The van der Waals surface area contributed by atoms with E-state index in [0.717, 1.165) is 29.3 Å². The Hall–Kier alpha value is -2.02. The van der Waals surface area contributed by atoms with Gasteiger partial charge in [-0.2, -0.15) is 0 Å². The van der Waals surface area contributed by atoms with E-state index in [2.05, 4.69) is 15.7 Å². The number of piperidine rings is 1. The van der Waals surface area contributed by atoms with Crippen molar-refractivity contribution in [2.24, 2.45) is 11.8 Å². The average molecular weight is 576 g/mol. The lowest BCUT2D eigenvalue weighted by Gasteiger charge is -2.48. The summed E-state index contributed by atoms with van der Waals surface area (Å²) in [6.45, 7) is 3.05. The van der Waals surface area contributed by atoms with Gasteiger partial charge in [-0.05, 0) is 85.0 Å². The zero-order valence-electron chi connectivity index (χ0n) is 20.4. The van der Waals surface area contributed by atoms with Gasteiger partial charge in [-0.3, -0.25) is 0 Å². The van der Waals surface area contributed by atoms with Crippen molar-refractivity contribution in [2.45, 2.75) is 35.6 Å². The zero-order chi connectivity index (χ0) is 26.2. The Morgan fingerprint density at radius 3 is 2.46 bits per heavy atom. The monoisotopic (exact) mass is 574 g/mol. The Kier molecular flexibility index (Phi) is 7.63. The number of rotatable bonds is 6. The van der Waals surface area contributed by atoms with E-state index in [1.807, 2.05) is 73.7 Å². The number of fused-ring (bicyclic) bond motifs is 1. The van der Waals surface area contributed by atoms with Gasteiger partial charge in [-0.25, -0.2) is 13.1 Å². The molecule has 0 amide bonds. The van der Waals surface area contributed by atoms with Crippen molar-refractivity contribution in [1.82, 2.24) is 4.72 Å². The first-order valence-electron chi connectivity index (χ1n) is 12.4. The van der Waals surface area contributed by atoms with Crippen LogP contribution < -0.4 is 9.62 Å². The summed E-state index contributed by atoms with van der Waals surface area (Å²) in [6, 6.07) is 20.9. The van der Waals surface area contributed by atoms with Crippen molar-refractivity contribution < 1.29 is 8.42 Å². The van der Waals surface area contributed by atoms with E-state index in [-0.39, 0.29) is 22.8 Å². The normalized spacial score (nSPS) is 26.3. The largest absolute Gasteiger partial charge is 0.368 e. The smallest absolute Gasteiger partial charge is 0.240 e. The molecule has 0 aromatic heterocycles. The first kappa shape index (κ1) is 26.6. The molecule has 1 N–H and O–H groups in total. The van der Waals surface area contributed by atoms with Crippen molar-refractivity contribution in [3.63, 3.8) is 0 Å². The fraction of sp³-hybridized carbons (Fsp3) is 0.310. The maximum Gasteiger partial charge on any atom is 0.240 e. The van der Waals surface area contributed by atoms with E-state index < -0.39 is 14.9 Å². The van der Waals surface area contributed by atoms with Gasteiger partial charge in [0.25, 0.3) is 0 Å². The van der Waals surface area contributed by atoms with E-state index in [0.29, 0.717) is 23.1 Å². The number of hydrogen-bond acceptors (Lipinski definition) is 3. The summed E-state index contributed by atoms with van der Waals surface area (Å²) >= 11 is 19.4. The van der Waals surface area contributed by atoms with Gasteiger partial charge >= 0.3 is 0 Å². The molecule has 4 nitrogen and oxygen atoms in total. The molecule has 194 valence electrons. The Balaban J connectivity index is 1.35.